The fraction of sp³-hybridized carbons (Fsp3) is 0.333. The molecule has 0 aromatic heterocycles. The Bertz CT molecular complexity index is 989. The van der Waals surface area contributed by atoms with Gasteiger partial charge < -0.3 is 10.6 Å². The number of hydrogen-bond donors (Lipinski definition) is 2. The number of halogens is 1. The third-order valence-corrected chi connectivity index (χ3v) is 6.95. The summed E-state index contributed by atoms with van der Waals surface area (Å²) in [6, 6.07) is 14.0. The summed E-state index contributed by atoms with van der Waals surface area (Å²) in [5, 5.41) is 0.420. The SMILES string of the molecule is NC(=O)C1CCN(C(=O)[C@H](Cc2ccccc2)NS(=O)(=O)c2ccc(Cl)cc2)CC1. The van der Waals surface area contributed by atoms with Gasteiger partial charge in [0.2, 0.25) is 21.8 Å². The van der Waals surface area contributed by atoms with Gasteiger partial charge in [-0.15, -0.1) is 0 Å². The molecule has 0 aliphatic carbocycles. The third kappa shape index (κ3) is 5.59. The van der Waals surface area contributed by atoms with Gasteiger partial charge in [-0.25, -0.2) is 8.42 Å². The van der Waals surface area contributed by atoms with E-state index in [1.54, 1.807) is 4.90 Å². The molecule has 0 saturated carbocycles. The van der Waals surface area contributed by atoms with Gasteiger partial charge in [-0.1, -0.05) is 41.9 Å². The lowest BCUT2D eigenvalue weighted by molar-refractivity contribution is -0.136. The monoisotopic (exact) mass is 449 g/mol. The van der Waals surface area contributed by atoms with Crippen LogP contribution < -0.4 is 10.5 Å². The number of sulfonamides is 1. The zero-order chi connectivity index (χ0) is 21.7. The van der Waals surface area contributed by atoms with Crippen LogP contribution in [0.1, 0.15) is 18.4 Å². The van der Waals surface area contributed by atoms with E-state index < -0.39 is 16.1 Å². The largest absolute Gasteiger partial charge is 0.369 e. The van der Waals surface area contributed by atoms with Crippen LogP contribution in [-0.4, -0.2) is 44.3 Å². The number of primary amides is 1. The highest BCUT2D eigenvalue weighted by Gasteiger charge is 2.32. The maximum atomic E-state index is 13.2. The van der Waals surface area contributed by atoms with Crippen LogP contribution in [-0.2, 0) is 26.0 Å². The Balaban J connectivity index is 1.80. The van der Waals surface area contributed by atoms with Gasteiger partial charge >= 0.3 is 0 Å². The highest BCUT2D eigenvalue weighted by molar-refractivity contribution is 7.89. The number of hydrogen-bond acceptors (Lipinski definition) is 4. The number of amides is 2. The molecule has 2 aromatic carbocycles. The number of carbonyl (C=O) groups excluding carboxylic acids is 2. The van der Waals surface area contributed by atoms with Crippen LogP contribution in [0.5, 0.6) is 0 Å². The molecule has 2 aromatic rings. The van der Waals surface area contributed by atoms with Crippen LogP contribution in [0.2, 0.25) is 5.02 Å². The minimum atomic E-state index is -3.93. The molecular formula is C21H24ClN3O4S. The fourth-order valence-corrected chi connectivity index (χ4v) is 4.82. The molecule has 0 radical (unpaired) electrons. The summed E-state index contributed by atoms with van der Waals surface area (Å²) in [7, 11) is -3.93. The van der Waals surface area contributed by atoms with Crippen LogP contribution in [0.4, 0.5) is 0 Å². The van der Waals surface area contributed by atoms with Crippen molar-refractivity contribution >= 4 is 33.4 Å². The first-order chi connectivity index (χ1) is 14.3. The lowest BCUT2D eigenvalue weighted by Gasteiger charge is -2.33. The third-order valence-electron chi connectivity index (χ3n) is 5.21. The highest BCUT2D eigenvalue weighted by atomic mass is 35.5. The van der Waals surface area contributed by atoms with E-state index in [0.29, 0.717) is 31.0 Å². The van der Waals surface area contributed by atoms with Crippen LogP contribution in [0, 0.1) is 5.92 Å². The number of benzene rings is 2. The second-order valence-corrected chi connectivity index (χ2v) is 9.47. The molecule has 2 amide bonds. The normalized spacial score (nSPS) is 16.2. The Hall–Kier alpha value is -2.42. The summed E-state index contributed by atoms with van der Waals surface area (Å²) in [5.41, 5.74) is 6.20. The van der Waals surface area contributed by atoms with E-state index in [1.165, 1.54) is 24.3 Å². The van der Waals surface area contributed by atoms with E-state index in [-0.39, 0.29) is 29.0 Å². The topological polar surface area (TPSA) is 110 Å². The minimum Gasteiger partial charge on any atom is -0.369 e. The van der Waals surface area contributed by atoms with E-state index in [1.807, 2.05) is 30.3 Å². The van der Waals surface area contributed by atoms with Crippen molar-refractivity contribution in [1.82, 2.24) is 9.62 Å². The van der Waals surface area contributed by atoms with Crippen molar-refractivity contribution in [2.75, 3.05) is 13.1 Å². The summed E-state index contributed by atoms with van der Waals surface area (Å²) in [6.07, 6.45) is 1.16. The van der Waals surface area contributed by atoms with Crippen LogP contribution in [0.25, 0.3) is 0 Å². The standard InChI is InChI=1S/C21H24ClN3O4S/c22-17-6-8-18(9-7-17)30(28,29)24-19(14-15-4-2-1-3-5-15)21(27)25-12-10-16(11-13-25)20(23)26/h1-9,16,19,24H,10-14H2,(H2,23,26)/t19-/m0/s1. The van der Waals surface area contributed by atoms with E-state index >= 15 is 0 Å². The maximum absolute atomic E-state index is 13.2. The number of piperidine rings is 1. The average Bonchev–Trinajstić information content (AvgIpc) is 2.74. The van der Waals surface area contributed by atoms with E-state index in [4.69, 9.17) is 17.3 Å². The molecule has 3 rings (SSSR count). The van der Waals surface area contributed by atoms with Crippen molar-refractivity contribution in [3.05, 3.63) is 65.2 Å². The van der Waals surface area contributed by atoms with Gasteiger partial charge in [-0.2, -0.15) is 4.72 Å². The van der Waals surface area contributed by atoms with E-state index in [2.05, 4.69) is 4.72 Å². The zero-order valence-corrected chi connectivity index (χ0v) is 17.9. The van der Waals surface area contributed by atoms with Crippen LogP contribution in [0.3, 0.4) is 0 Å². The number of nitrogens with two attached hydrogens (primary N) is 1. The molecular weight excluding hydrogens is 426 g/mol. The van der Waals surface area contributed by atoms with Gasteiger partial charge in [0.25, 0.3) is 0 Å². The predicted molar refractivity (Wildman–Crippen MR) is 114 cm³/mol. The summed E-state index contributed by atoms with van der Waals surface area (Å²) < 4.78 is 28.3. The van der Waals surface area contributed by atoms with E-state index in [9.17, 15) is 18.0 Å². The maximum Gasteiger partial charge on any atom is 0.241 e. The number of rotatable bonds is 7. The van der Waals surface area contributed by atoms with Gasteiger partial charge in [0.05, 0.1) is 4.90 Å². The average molecular weight is 450 g/mol. The molecule has 7 nitrogen and oxygen atoms in total. The van der Waals surface area contributed by atoms with Crippen LogP contribution >= 0.6 is 11.6 Å². The lowest BCUT2D eigenvalue weighted by atomic mass is 9.95. The van der Waals surface area contributed by atoms with Gasteiger partial charge in [0.15, 0.2) is 0 Å². The molecule has 0 spiro atoms. The first kappa shape index (κ1) is 22.3. The molecule has 1 atom stereocenters. The molecule has 30 heavy (non-hydrogen) atoms. The summed E-state index contributed by atoms with van der Waals surface area (Å²) in [6.45, 7) is 0.723. The van der Waals surface area contributed by atoms with E-state index in [0.717, 1.165) is 5.56 Å². The zero-order valence-electron chi connectivity index (χ0n) is 16.3. The van der Waals surface area contributed by atoms with Gasteiger partial charge in [0.1, 0.15) is 6.04 Å². The van der Waals surface area contributed by atoms with Crippen molar-refractivity contribution in [2.45, 2.75) is 30.2 Å². The second kappa shape index (κ2) is 9.59. The molecule has 0 unspecified atom stereocenters. The van der Waals surface area contributed by atoms with Gasteiger partial charge in [0, 0.05) is 24.0 Å². The van der Waals surface area contributed by atoms with Crippen molar-refractivity contribution in [1.29, 1.82) is 0 Å². The quantitative estimate of drug-likeness (QED) is 0.673. The Morgan fingerprint density at radius 1 is 1.07 bits per heavy atom. The Kier molecular flexibility index (Phi) is 7.12. The summed E-state index contributed by atoms with van der Waals surface area (Å²) in [5.74, 6) is -0.946. The van der Waals surface area contributed by atoms with Gasteiger partial charge in [-0.3, -0.25) is 9.59 Å². The molecule has 1 heterocycles. The molecule has 1 aliphatic heterocycles. The molecule has 1 aliphatic rings. The molecule has 0 bridgehead atoms. The predicted octanol–water partition coefficient (Wildman–Crippen LogP) is 1.95. The summed E-state index contributed by atoms with van der Waals surface area (Å²) >= 11 is 5.85. The Morgan fingerprint density at radius 2 is 1.67 bits per heavy atom. The molecule has 1 fully saturated rings. The number of carbonyl (C=O) groups is 2. The lowest BCUT2D eigenvalue weighted by Crippen LogP contribution is -2.52. The number of nitrogens with one attached hydrogen (secondary N) is 1. The second-order valence-electron chi connectivity index (χ2n) is 7.32. The van der Waals surface area contributed by atoms with Crippen molar-refractivity contribution in [3.8, 4) is 0 Å². The number of nitrogens with zero attached hydrogens (tertiary/aromatic N) is 1. The van der Waals surface area contributed by atoms with Crippen LogP contribution in [0.15, 0.2) is 59.5 Å². The van der Waals surface area contributed by atoms with Crippen molar-refractivity contribution < 1.29 is 18.0 Å². The van der Waals surface area contributed by atoms with Crippen molar-refractivity contribution in [3.63, 3.8) is 0 Å². The molecule has 3 N–H and O–H groups in total. The Labute approximate surface area is 181 Å². The number of likely N-dealkylation sites (tertiary alicyclic amines) is 1. The molecule has 9 heteroatoms. The molecule has 1 saturated heterocycles. The van der Waals surface area contributed by atoms with Gasteiger partial charge in [-0.05, 0) is 49.1 Å². The first-order valence-corrected chi connectivity index (χ1v) is 11.5. The highest BCUT2D eigenvalue weighted by Crippen LogP contribution is 2.20. The smallest absolute Gasteiger partial charge is 0.241 e. The van der Waals surface area contributed by atoms with Crippen molar-refractivity contribution in [2.24, 2.45) is 11.7 Å². The first-order valence-electron chi connectivity index (χ1n) is 9.66. The molecule has 160 valence electrons. The fourth-order valence-electron chi connectivity index (χ4n) is 3.50. The minimum absolute atomic E-state index is 0.0326. The Morgan fingerprint density at radius 3 is 2.23 bits per heavy atom. The summed E-state index contributed by atoms with van der Waals surface area (Å²) in [4.78, 5) is 26.2.